The lowest BCUT2D eigenvalue weighted by molar-refractivity contribution is -0.127. The summed E-state index contributed by atoms with van der Waals surface area (Å²) in [7, 11) is 0. The molecule has 0 spiro atoms. The number of para-hydroxylation sites is 2. The largest absolute Gasteiger partial charge is 0.491 e. The van der Waals surface area contributed by atoms with Crippen LogP contribution in [-0.2, 0) is 38.4 Å². The van der Waals surface area contributed by atoms with E-state index in [1.807, 2.05) is 26.0 Å². The van der Waals surface area contributed by atoms with E-state index >= 15 is 0 Å². The van der Waals surface area contributed by atoms with Crippen molar-refractivity contribution in [2.24, 2.45) is 20.5 Å². The number of nitrogens with one attached hydrogen (secondary N) is 4. The molecule has 5 aromatic carbocycles. The van der Waals surface area contributed by atoms with Gasteiger partial charge in [-0.25, -0.2) is 0 Å². The molecule has 2 unspecified atom stereocenters. The second-order valence-electron chi connectivity index (χ2n) is 15.4. The first-order chi connectivity index (χ1) is 34.1. The van der Waals surface area contributed by atoms with E-state index in [1.54, 1.807) is 24.3 Å². The molecule has 0 fully saturated rings. The molecule has 0 aliphatic heterocycles. The van der Waals surface area contributed by atoms with Crippen LogP contribution in [0.4, 0.5) is 34.1 Å². The number of azo groups is 2. The molecule has 0 bridgehead atoms. The van der Waals surface area contributed by atoms with Gasteiger partial charge in [0, 0.05) is 50.2 Å². The number of hydrogen-bond donors (Lipinski definition) is 4. The molecule has 4 N–H and O–H groups in total. The smallest absolute Gasteiger partial charge is 0.258 e. The van der Waals surface area contributed by atoms with Crippen molar-refractivity contribution in [1.29, 1.82) is 0 Å². The SMILES string of the molecule is CCOc1c(CCCl)cccc1NC(=O)c1cc(Cl)cc(N=NC(C(C)=O)C(=O)Nc2ccc(NC(=O)C(N=Nc3cc(Cl)cc(C(=O)Nc4cccc(CCCl)c4OCC)c3)C(C)=O)c(CCCl)c2)c1. The van der Waals surface area contributed by atoms with Crippen molar-refractivity contribution in [3.05, 3.63) is 129 Å². The van der Waals surface area contributed by atoms with Gasteiger partial charge in [0.25, 0.3) is 23.6 Å². The fourth-order valence-corrected chi connectivity index (χ4v) is 7.98. The van der Waals surface area contributed by atoms with E-state index in [-0.39, 0.29) is 56.2 Å². The van der Waals surface area contributed by atoms with Gasteiger partial charge in [0.15, 0.2) is 11.6 Å². The van der Waals surface area contributed by atoms with Gasteiger partial charge in [-0.2, -0.15) is 20.5 Å². The van der Waals surface area contributed by atoms with Gasteiger partial charge >= 0.3 is 0 Å². The number of alkyl halides is 3. The number of anilines is 4. The summed E-state index contributed by atoms with van der Waals surface area (Å²) in [5.41, 5.74) is 3.84. The average molecular weight is 1070 g/mol. The molecule has 5 rings (SSSR count). The Hall–Kier alpha value is -6.43. The van der Waals surface area contributed by atoms with Gasteiger partial charge in [0.2, 0.25) is 12.1 Å². The van der Waals surface area contributed by atoms with Crippen LogP contribution in [0.3, 0.4) is 0 Å². The van der Waals surface area contributed by atoms with Crippen LogP contribution in [0.1, 0.15) is 65.1 Å². The first kappa shape index (κ1) is 55.5. The Morgan fingerprint density at radius 3 is 1.38 bits per heavy atom. The van der Waals surface area contributed by atoms with E-state index < -0.39 is 47.3 Å². The predicted octanol–water partition coefficient (Wildman–Crippen LogP) is 12.0. The molecule has 71 heavy (non-hydrogen) atoms. The van der Waals surface area contributed by atoms with Crippen molar-refractivity contribution >= 4 is 127 Å². The number of Topliss-reactive ketones (excluding diaryl/α,β-unsaturated/α-hetero) is 2. The lowest BCUT2D eigenvalue weighted by Gasteiger charge is -2.16. The Morgan fingerprint density at radius 2 is 0.958 bits per heavy atom. The summed E-state index contributed by atoms with van der Waals surface area (Å²) < 4.78 is 11.6. The monoisotopic (exact) mass is 1060 g/mol. The maximum atomic E-state index is 13.6. The summed E-state index contributed by atoms with van der Waals surface area (Å²) >= 11 is 30.8. The van der Waals surface area contributed by atoms with Crippen LogP contribution in [0, 0.1) is 0 Å². The molecule has 372 valence electrons. The summed E-state index contributed by atoms with van der Waals surface area (Å²) in [5.74, 6) is -2.23. The number of carbonyl (C=O) groups is 6. The van der Waals surface area contributed by atoms with Crippen LogP contribution >= 0.6 is 58.0 Å². The fourth-order valence-electron chi connectivity index (χ4n) is 6.91. The lowest BCUT2D eigenvalue weighted by atomic mass is 10.1. The quantitative estimate of drug-likeness (QED) is 0.0264. The molecule has 0 heterocycles. The zero-order chi connectivity index (χ0) is 51.6. The first-order valence-electron chi connectivity index (χ1n) is 22.1. The third-order valence-electron chi connectivity index (χ3n) is 10.1. The number of aryl methyl sites for hydroxylation is 3. The molecule has 0 radical (unpaired) electrons. The van der Waals surface area contributed by atoms with Crippen molar-refractivity contribution < 1.29 is 38.2 Å². The highest BCUT2D eigenvalue weighted by atomic mass is 35.5. The molecule has 21 heteroatoms. The number of halogens is 5. The molecular formula is C50H49Cl5N8O8. The van der Waals surface area contributed by atoms with E-state index in [0.717, 1.165) is 11.1 Å². The van der Waals surface area contributed by atoms with Gasteiger partial charge in [-0.05, 0) is 130 Å². The van der Waals surface area contributed by atoms with Crippen molar-refractivity contribution in [3.63, 3.8) is 0 Å². The Bertz CT molecular complexity index is 2850. The normalized spacial score (nSPS) is 12.0. The predicted molar refractivity (Wildman–Crippen MR) is 279 cm³/mol. The topological polar surface area (TPSA) is 218 Å². The molecule has 0 aliphatic rings. The van der Waals surface area contributed by atoms with Crippen LogP contribution in [0.15, 0.2) is 111 Å². The van der Waals surface area contributed by atoms with Crippen LogP contribution in [-0.4, -0.2) is 78.1 Å². The Kier molecular flexibility index (Phi) is 21.3. The molecule has 5 aromatic rings. The minimum absolute atomic E-state index is 0.0895. The zero-order valence-electron chi connectivity index (χ0n) is 38.9. The molecule has 0 saturated heterocycles. The number of ether oxygens (including phenoxy) is 2. The Morgan fingerprint density at radius 1 is 0.521 bits per heavy atom. The third-order valence-corrected chi connectivity index (χ3v) is 11.1. The number of amides is 4. The van der Waals surface area contributed by atoms with Crippen LogP contribution in [0.5, 0.6) is 11.5 Å². The summed E-state index contributed by atoms with van der Waals surface area (Å²) in [4.78, 5) is 79.4. The second kappa shape index (κ2) is 27.2. The number of ketones is 2. The van der Waals surface area contributed by atoms with Crippen molar-refractivity contribution in [2.45, 2.75) is 59.0 Å². The molecule has 0 saturated carbocycles. The molecule has 16 nitrogen and oxygen atoms in total. The molecule has 4 amide bonds. The minimum Gasteiger partial charge on any atom is -0.491 e. The molecule has 2 atom stereocenters. The van der Waals surface area contributed by atoms with Crippen molar-refractivity contribution in [3.8, 4) is 11.5 Å². The number of benzene rings is 5. The van der Waals surface area contributed by atoms with E-state index in [4.69, 9.17) is 67.5 Å². The summed E-state index contributed by atoms with van der Waals surface area (Å²) in [6, 6.07) is 20.3. The van der Waals surface area contributed by atoms with Gasteiger partial charge in [0.05, 0.1) is 36.0 Å². The van der Waals surface area contributed by atoms with E-state index in [0.29, 0.717) is 66.3 Å². The molecular weight excluding hydrogens is 1020 g/mol. The van der Waals surface area contributed by atoms with Gasteiger partial charge in [-0.15, -0.1) is 34.8 Å². The van der Waals surface area contributed by atoms with E-state index in [2.05, 4.69) is 41.7 Å². The van der Waals surface area contributed by atoms with Gasteiger partial charge < -0.3 is 30.7 Å². The standard InChI is InChI=1S/C50H49Cl5N8O8/c1-5-70-45-30(15-18-51)9-7-11-41(45)58-47(66)33-21-35(54)26-38(24-33)60-62-43(28(3)64)49(68)56-37-13-14-40(32(23-37)17-20-53)57-50(69)44(29(4)65)63-61-39-25-34(22-36(55)27-39)48(67)59-42-12-8-10-31(16-19-52)46(42)71-6-2/h7-14,21-27,43-44H,5-6,15-20H2,1-4H3,(H,56,68)(H,57,69)(H,58,66)(H,59,67). The average Bonchev–Trinajstić information content (AvgIpc) is 3.31. The van der Waals surface area contributed by atoms with Crippen LogP contribution in [0.2, 0.25) is 10.0 Å². The second-order valence-corrected chi connectivity index (χ2v) is 17.4. The third kappa shape index (κ3) is 15.8. The first-order valence-corrected chi connectivity index (χ1v) is 24.4. The highest BCUT2D eigenvalue weighted by Crippen LogP contribution is 2.33. The number of carbonyl (C=O) groups excluding carboxylic acids is 6. The number of rotatable bonds is 24. The lowest BCUT2D eigenvalue weighted by Crippen LogP contribution is -2.32. The molecule has 0 aliphatic carbocycles. The highest BCUT2D eigenvalue weighted by Gasteiger charge is 2.26. The maximum Gasteiger partial charge on any atom is 0.258 e. The van der Waals surface area contributed by atoms with Crippen molar-refractivity contribution in [2.75, 3.05) is 52.1 Å². The number of hydrogen-bond acceptors (Lipinski definition) is 12. The highest BCUT2D eigenvalue weighted by molar-refractivity contribution is 6.32. The van der Waals surface area contributed by atoms with Crippen LogP contribution in [0.25, 0.3) is 0 Å². The fraction of sp³-hybridized carbons (Fsp3) is 0.280. The van der Waals surface area contributed by atoms with Gasteiger partial charge in [-0.3, -0.25) is 28.8 Å². The van der Waals surface area contributed by atoms with Crippen molar-refractivity contribution in [1.82, 2.24) is 0 Å². The Balaban J connectivity index is 1.28. The van der Waals surface area contributed by atoms with Gasteiger partial charge in [0.1, 0.15) is 11.5 Å². The van der Waals surface area contributed by atoms with Gasteiger partial charge in [-0.1, -0.05) is 47.5 Å². The summed E-state index contributed by atoms with van der Waals surface area (Å²) in [5, 5.41) is 27.5. The van der Waals surface area contributed by atoms with Crippen LogP contribution < -0.4 is 30.7 Å². The summed E-state index contributed by atoms with van der Waals surface area (Å²) in [6.07, 6.45) is 1.25. The molecule has 0 aromatic heterocycles. The zero-order valence-corrected chi connectivity index (χ0v) is 42.7. The maximum absolute atomic E-state index is 13.6. The minimum atomic E-state index is -1.62. The number of nitrogens with zero attached hydrogens (tertiary/aromatic N) is 4. The summed E-state index contributed by atoms with van der Waals surface area (Å²) in [6.45, 7) is 6.69. The van der Waals surface area contributed by atoms with E-state index in [9.17, 15) is 28.8 Å². The van der Waals surface area contributed by atoms with E-state index in [1.165, 1.54) is 68.4 Å². The Labute approximate surface area is 435 Å².